The first-order chi connectivity index (χ1) is 8.16. The average Bonchev–Trinajstić information content (AvgIpc) is 2.73. The lowest BCUT2D eigenvalue weighted by Gasteiger charge is -2.15. The minimum absolute atomic E-state index is 0.318. The van der Waals surface area contributed by atoms with Gasteiger partial charge in [0, 0.05) is 12.6 Å². The topological polar surface area (TPSA) is 24.9 Å². The quantitative estimate of drug-likeness (QED) is 0.906. The third kappa shape index (κ3) is 3.28. The summed E-state index contributed by atoms with van der Waals surface area (Å²) in [5, 5.41) is 4.48. The van der Waals surface area contributed by atoms with E-state index in [-0.39, 0.29) is 0 Å². The molecule has 1 N–H and O–H groups in total. The molecule has 1 aromatic heterocycles. The lowest BCUT2D eigenvalue weighted by atomic mass is 10.0. The molecule has 0 aliphatic carbocycles. The third-order valence-electron chi connectivity index (χ3n) is 2.74. The molecule has 2 nitrogen and oxygen atoms in total. The van der Waals surface area contributed by atoms with Crippen LogP contribution in [-0.2, 0) is 6.54 Å². The number of nitrogens with one attached hydrogen (secondary N) is 1. The average molecular weight is 267 g/mol. The van der Waals surface area contributed by atoms with Crippen LogP contribution in [0.2, 0.25) is 4.34 Å². The molecule has 0 radical (unpaired) electrons. The Kier molecular flexibility index (Phi) is 4.15. The molecule has 2 aromatic rings. The Morgan fingerprint density at radius 2 is 2.18 bits per heavy atom. The second-order valence-corrected chi connectivity index (χ2v) is 5.76. The number of benzene rings is 1. The van der Waals surface area contributed by atoms with Gasteiger partial charge < -0.3 is 5.32 Å². The smallest absolute Gasteiger partial charge is 0.113 e. The fraction of sp³-hybridized carbons (Fsp3) is 0.308. The monoisotopic (exact) mass is 266 g/mol. The van der Waals surface area contributed by atoms with Gasteiger partial charge in [-0.25, -0.2) is 4.98 Å². The Morgan fingerprint density at radius 3 is 2.82 bits per heavy atom. The fourth-order valence-electron chi connectivity index (χ4n) is 1.79. The Balaban J connectivity index is 1.98. The lowest BCUT2D eigenvalue weighted by molar-refractivity contribution is 0.571. The van der Waals surface area contributed by atoms with E-state index in [2.05, 4.69) is 48.4 Å². The van der Waals surface area contributed by atoms with Crippen LogP contribution < -0.4 is 5.32 Å². The van der Waals surface area contributed by atoms with Gasteiger partial charge in [-0.05, 0) is 25.0 Å². The molecule has 0 aliphatic heterocycles. The van der Waals surface area contributed by atoms with Crippen LogP contribution in [0.25, 0.3) is 0 Å². The number of nitrogens with zero attached hydrogens (tertiary/aromatic N) is 1. The van der Waals surface area contributed by atoms with Gasteiger partial charge in [0.2, 0.25) is 0 Å². The SMILES string of the molecule is Cc1ccccc1[C@H](C)NCc1ncc(Cl)s1. The van der Waals surface area contributed by atoms with Crippen LogP contribution in [0.3, 0.4) is 0 Å². The summed E-state index contributed by atoms with van der Waals surface area (Å²) in [6.45, 7) is 5.05. The summed E-state index contributed by atoms with van der Waals surface area (Å²) in [7, 11) is 0. The molecule has 1 aromatic carbocycles. The summed E-state index contributed by atoms with van der Waals surface area (Å²) in [5.41, 5.74) is 2.64. The molecular formula is C13H15ClN2S. The predicted molar refractivity (Wildman–Crippen MR) is 73.6 cm³/mol. The highest BCUT2D eigenvalue weighted by Crippen LogP contribution is 2.20. The molecule has 1 heterocycles. The van der Waals surface area contributed by atoms with E-state index in [9.17, 15) is 0 Å². The standard InChI is InChI=1S/C13H15ClN2S/c1-9-5-3-4-6-11(9)10(2)15-8-13-16-7-12(14)17-13/h3-7,10,15H,8H2,1-2H3/t10-/m0/s1. The van der Waals surface area contributed by atoms with Gasteiger partial charge in [0.25, 0.3) is 0 Å². The Morgan fingerprint density at radius 1 is 1.41 bits per heavy atom. The van der Waals surface area contributed by atoms with Crippen LogP contribution >= 0.6 is 22.9 Å². The van der Waals surface area contributed by atoms with Crippen LogP contribution in [0.4, 0.5) is 0 Å². The highest BCUT2D eigenvalue weighted by Gasteiger charge is 2.08. The van der Waals surface area contributed by atoms with Gasteiger partial charge >= 0.3 is 0 Å². The lowest BCUT2D eigenvalue weighted by Crippen LogP contribution is -2.18. The zero-order valence-corrected chi connectivity index (χ0v) is 11.5. The van der Waals surface area contributed by atoms with Gasteiger partial charge in [0.15, 0.2) is 0 Å². The van der Waals surface area contributed by atoms with E-state index >= 15 is 0 Å². The summed E-state index contributed by atoms with van der Waals surface area (Å²) < 4.78 is 0.741. The van der Waals surface area contributed by atoms with Crippen molar-refractivity contribution < 1.29 is 0 Å². The van der Waals surface area contributed by atoms with Gasteiger partial charge in [0.1, 0.15) is 9.34 Å². The number of halogens is 1. The molecule has 0 spiro atoms. The number of thiazole rings is 1. The van der Waals surface area contributed by atoms with Crippen molar-refractivity contribution >= 4 is 22.9 Å². The van der Waals surface area contributed by atoms with Gasteiger partial charge in [-0.15, -0.1) is 11.3 Å². The third-order valence-corrected chi connectivity index (χ3v) is 3.85. The minimum Gasteiger partial charge on any atom is -0.304 e. The second-order valence-electron chi connectivity index (χ2n) is 4.02. The van der Waals surface area contributed by atoms with Crippen LogP contribution in [0.1, 0.15) is 29.1 Å². The van der Waals surface area contributed by atoms with E-state index in [1.54, 1.807) is 6.20 Å². The van der Waals surface area contributed by atoms with Crippen molar-refractivity contribution in [2.75, 3.05) is 0 Å². The maximum absolute atomic E-state index is 5.85. The second kappa shape index (κ2) is 5.63. The van der Waals surface area contributed by atoms with Gasteiger partial charge in [-0.2, -0.15) is 0 Å². The zero-order valence-electron chi connectivity index (χ0n) is 9.90. The molecule has 0 saturated carbocycles. The van der Waals surface area contributed by atoms with Gasteiger partial charge in [-0.1, -0.05) is 35.9 Å². The fourth-order valence-corrected chi connectivity index (χ4v) is 2.70. The van der Waals surface area contributed by atoms with Crippen molar-refractivity contribution in [2.45, 2.75) is 26.4 Å². The molecule has 1 atom stereocenters. The molecule has 0 unspecified atom stereocenters. The van der Waals surface area contributed by atoms with E-state index in [0.29, 0.717) is 6.04 Å². The van der Waals surface area contributed by atoms with Crippen molar-refractivity contribution in [2.24, 2.45) is 0 Å². The summed E-state index contributed by atoms with van der Waals surface area (Å²) in [6.07, 6.45) is 1.70. The molecule has 17 heavy (non-hydrogen) atoms. The van der Waals surface area contributed by atoms with Crippen molar-refractivity contribution in [3.63, 3.8) is 0 Å². The van der Waals surface area contributed by atoms with Crippen molar-refractivity contribution in [3.8, 4) is 0 Å². The summed E-state index contributed by atoms with van der Waals surface area (Å²) in [5.74, 6) is 0. The Labute approximate surface area is 111 Å². The van der Waals surface area contributed by atoms with Crippen molar-refractivity contribution in [1.82, 2.24) is 10.3 Å². The number of aryl methyl sites for hydroxylation is 1. The van der Waals surface area contributed by atoms with E-state index in [1.165, 1.54) is 22.5 Å². The minimum atomic E-state index is 0.318. The van der Waals surface area contributed by atoms with Crippen LogP contribution in [0.5, 0.6) is 0 Å². The molecule has 0 bridgehead atoms. The Hall–Kier alpha value is -0.900. The first-order valence-corrected chi connectivity index (χ1v) is 6.75. The molecule has 0 aliphatic rings. The number of hydrogen-bond acceptors (Lipinski definition) is 3. The first kappa shape index (κ1) is 12.6. The Bertz CT molecular complexity index is 496. The summed E-state index contributed by atoms with van der Waals surface area (Å²) in [6, 6.07) is 8.74. The van der Waals surface area contributed by atoms with Gasteiger partial charge in [0.05, 0.1) is 6.20 Å². The zero-order chi connectivity index (χ0) is 12.3. The maximum atomic E-state index is 5.85. The molecule has 0 amide bonds. The van der Waals surface area contributed by atoms with E-state index in [4.69, 9.17) is 11.6 Å². The van der Waals surface area contributed by atoms with Gasteiger partial charge in [-0.3, -0.25) is 0 Å². The number of aromatic nitrogens is 1. The number of rotatable bonds is 4. The molecule has 4 heteroatoms. The normalized spacial score (nSPS) is 12.6. The molecule has 2 rings (SSSR count). The largest absolute Gasteiger partial charge is 0.304 e. The molecule has 0 fully saturated rings. The first-order valence-electron chi connectivity index (χ1n) is 5.56. The summed E-state index contributed by atoms with van der Waals surface area (Å²) in [4.78, 5) is 4.23. The highest BCUT2D eigenvalue weighted by molar-refractivity contribution is 7.15. The summed E-state index contributed by atoms with van der Waals surface area (Å²) >= 11 is 7.37. The molecule has 90 valence electrons. The van der Waals surface area contributed by atoms with E-state index < -0.39 is 0 Å². The molecular weight excluding hydrogens is 252 g/mol. The maximum Gasteiger partial charge on any atom is 0.113 e. The van der Waals surface area contributed by atoms with Crippen LogP contribution in [-0.4, -0.2) is 4.98 Å². The van der Waals surface area contributed by atoms with Crippen LogP contribution in [0.15, 0.2) is 30.5 Å². The van der Waals surface area contributed by atoms with E-state index in [0.717, 1.165) is 15.9 Å². The van der Waals surface area contributed by atoms with Crippen LogP contribution in [0, 0.1) is 6.92 Å². The van der Waals surface area contributed by atoms with E-state index in [1.807, 2.05) is 0 Å². The van der Waals surface area contributed by atoms with Crippen molar-refractivity contribution in [1.29, 1.82) is 0 Å². The highest BCUT2D eigenvalue weighted by atomic mass is 35.5. The molecule has 0 saturated heterocycles. The van der Waals surface area contributed by atoms with Crippen molar-refractivity contribution in [3.05, 3.63) is 50.9 Å². The number of hydrogen-bond donors (Lipinski definition) is 1. The predicted octanol–water partition coefficient (Wildman–Crippen LogP) is 3.96.